The molecule has 1 aliphatic rings. The van der Waals surface area contributed by atoms with Crippen molar-refractivity contribution in [3.8, 4) is 5.69 Å². The third-order valence-corrected chi connectivity index (χ3v) is 5.81. The Bertz CT molecular complexity index is 1070. The number of hydrogen-bond acceptors (Lipinski definition) is 5. The Morgan fingerprint density at radius 1 is 1.23 bits per heavy atom. The molecule has 1 amide bonds. The second-order valence-electron chi connectivity index (χ2n) is 7.97. The zero-order valence-electron chi connectivity index (χ0n) is 17.5. The number of pyridine rings is 1. The zero-order valence-corrected chi connectivity index (χ0v) is 17.5. The van der Waals surface area contributed by atoms with Gasteiger partial charge in [-0.2, -0.15) is 0 Å². The lowest BCUT2D eigenvalue weighted by atomic mass is 9.88. The predicted molar refractivity (Wildman–Crippen MR) is 116 cm³/mol. The Balaban J connectivity index is 1.72. The van der Waals surface area contributed by atoms with Gasteiger partial charge in [0.25, 0.3) is 11.6 Å². The van der Waals surface area contributed by atoms with Gasteiger partial charge in [0.2, 0.25) is 0 Å². The number of aromatic nitrogens is 3. The number of rotatable bonds is 6. The summed E-state index contributed by atoms with van der Waals surface area (Å²) in [4.78, 5) is 34.6. The number of nitro groups is 1. The summed E-state index contributed by atoms with van der Waals surface area (Å²) in [7, 11) is 1.72. The van der Waals surface area contributed by atoms with Crippen molar-refractivity contribution in [1.82, 2.24) is 19.4 Å². The van der Waals surface area contributed by atoms with E-state index in [-0.39, 0.29) is 11.6 Å². The van der Waals surface area contributed by atoms with Crippen molar-refractivity contribution in [3.05, 3.63) is 82.2 Å². The van der Waals surface area contributed by atoms with Crippen molar-refractivity contribution in [1.29, 1.82) is 0 Å². The molecule has 1 aromatic carbocycles. The van der Waals surface area contributed by atoms with E-state index < -0.39 is 4.92 Å². The summed E-state index contributed by atoms with van der Waals surface area (Å²) >= 11 is 0. The molecular formula is C23H25N5O3. The highest BCUT2D eigenvalue weighted by molar-refractivity contribution is 5.98. The third-order valence-electron chi connectivity index (χ3n) is 5.81. The first kappa shape index (κ1) is 20.7. The molecule has 1 aliphatic carbocycles. The predicted octanol–water partition coefficient (Wildman–Crippen LogP) is 4.50. The standard InChI is InChI=1S/C23H25N5O3/c1-26(16-17-6-5-11-24-15-17)23(29)20-10-9-19(28(30)31)14-21(20)27-13-12-25-22(27)18-7-3-2-4-8-18/h5-6,9-15,18H,2-4,7-8,16H2,1H3. The first-order valence-corrected chi connectivity index (χ1v) is 10.5. The quantitative estimate of drug-likeness (QED) is 0.433. The van der Waals surface area contributed by atoms with Gasteiger partial charge in [0, 0.05) is 56.4 Å². The normalized spacial score (nSPS) is 14.4. The van der Waals surface area contributed by atoms with Crippen LogP contribution in [-0.2, 0) is 6.54 Å². The third kappa shape index (κ3) is 4.47. The Morgan fingerprint density at radius 2 is 2.03 bits per heavy atom. The number of amides is 1. The number of benzene rings is 1. The molecule has 8 nitrogen and oxygen atoms in total. The summed E-state index contributed by atoms with van der Waals surface area (Å²) in [5.41, 5.74) is 1.76. The van der Waals surface area contributed by atoms with Crippen LogP contribution in [0.15, 0.2) is 55.1 Å². The SMILES string of the molecule is CN(Cc1cccnc1)C(=O)c1ccc([N+](=O)[O-])cc1-n1ccnc1C1CCCCC1. The van der Waals surface area contributed by atoms with Crippen molar-refractivity contribution in [2.45, 2.75) is 44.6 Å². The molecule has 0 N–H and O–H groups in total. The highest BCUT2D eigenvalue weighted by atomic mass is 16.6. The van der Waals surface area contributed by atoms with E-state index in [0.29, 0.717) is 23.7 Å². The van der Waals surface area contributed by atoms with Crippen LogP contribution < -0.4 is 0 Å². The maximum atomic E-state index is 13.3. The van der Waals surface area contributed by atoms with Crippen LogP contribution in [0.4, 0.5) is 5.69 Å². The molecule has 0 spiro atoms. The van der Waals surface area contributed by atoms with E-state index in [4.69, 9.17) is 0 Å². The van der Waals surface area contributed by atoms with E-state index in [1.54, 1.807) is 42.8 Å². The minimum absolute atomic E-state index is 0.0512. The Morgan fingerprint density at radius 3 is 2.74 bits per heavy atom. The fraction of sp³-hybridized carbons (Fsp3) is 0.348. The molecule has 160 valence electrons. The molecule has 2 aromatic heterocycles. The summed E-state index contributed by atoms with van der Waals surface area (Å²) in [6.45, 7) is 0.391. The first-order chi connectivity index (χ1) is 15.0. The van der Waals surface area contributed by atoms with Crippen LogP contribution in [0.2, 0.25) is 0 Å². The molecule has 0 atom stereocenters. The van der Waals surface area contributed by atoms with Gasteiger partial charge < -0.3 is 9.47 Å². The van der Waals surface area contributed by atoms with Crippen molar-refractivity contribution in [2.24, 2.45) is 0 Å². The van der Waals surface area contributed by atoms with Crippen molar-refractivity contribution in [3.63, 3.8) is 0 Å². The molecule has 0 unspecified atom stereocenters. The molecule has 1 fully saturated rings. The molecule has 8 heteroatoms. The van der Waals surface area contributed by atoms with Gasteiger partial charge in [-0.25, -0.2) is 4.98 Å². The minimum Gasteiger partial charge on any atom is -0.337 e. The number of non-ortho nitro benzene ring substituents is 1. The van der Waals surface area contributed by atoms with E-state index in [1.165, 1.54) is 18.6 Å². The van der Waals surface area contributed by atoms with Crippen molar-refractivity contribution in [2.75, 3.05) is 7.05 Å². The molecule has 0 saturated heterocycles. The van der Waals surface area contributed by atoms with Gasteiger partial charge in [-0.1, -0.05) is 25.3 Å². The van der Waals surface area contributed by atoms with E-state index in [9.17, 15) is 14.9 Å². The fourth-order valence-electron chi connectivity index (χ4n) is 4.24. The van der Waals surface area contributed by atoms with Gasteiger partial charge in [-0.05, 0) is 30.5 Å². The van der Waals surface area contributed by atoms with Crippen LogP contribution in [0.25, 0.3) is 5.69 Å². The van der Waals surface area contributed by atoms with Gasteiger partial charge in [0.15, 0.2) is 0 Å². The summed E-state index contributed by atoms with van der Waals surface area (Å²) in [5, 5.41) is 11.4. The number of hydrogen-bond donors (Lipinski definition) is 0. The number of carbonyl (C=O) groups is 1. The van der Waals surface area contributed by atoms with Gasteiger partial charge in [0.1, 0.15) is 5.82 Å². The minimum atomic E-state index is -0.436. The largest absolute Gasteiger partial charge is 0.337 e. The van der Waals surface area contributed by atoms with E-state index in [2.05, 4.69) is 9.97 Å². The lowest BCUT2D eigenvalue weighted by Gasteiger charge is -2.24. The fourth-order valence-corrected chi connectivity index (χ4v) is 4.24. The molecule has 1 saturated carbocycles. The zero-order chi connectivity index (χ0) is 21.8. The molecule has 0 bridgehead atoms. The maximum Gasteiger partial charge on any atom is 0.271 e. The van der Waals surface area contributed by atoms with E-state index >= 15 is 0 Å². The number of carbonyl (C=O) groups excluding carboxylic acids is 1. The number of nitrogens with zero attached hydrogens (tertiary/aromatic N) is 5. The first-order valence-electron chi connectivity index (χ1n) is 10.5. The summed E-state index contributed by atoms with van der Waals surface area (Å²) in [6.07, 6.45) is 12.5. The van der Waals surface area contributed by atoms with Crippen LogP contribution in [0.5, 0.6) is 0 Å². The van der Waals surface area contributed by atoms with Crippen molar-refractivity contribution < 1.29 is 9.72 Å². The Kier molecular flexibility index (Phi) is 6.06. The topological polar surface area (TPSA) is 94.2 Å². The van der Waals surface area contributed by atoms with Crippen LogP contribution >= 0.6 is 0 Å². The number of nitro benzene ring substituents is 1. The van der Waals surface area contributed by atoms with Gasteiger partial charge in [-0.3, -0.25) is 19.9 Å². The second-order valence-corrected chi connectivity index (χ2v) is 7.97. The lowest BCUT2D eigenvalue weighted by molar-refractivity contribution is -0.384. The van der Waals surface area contributed by atoms with E-state index in [0.717, 1.165) is 37.1 Å². The highest BCUT2D eigenvalue weighted by Crippen LogP contribution is 2.34. The molecule has 31 heavy (non-hydrogen) atoms. The van der Waals surface area contributed by atoms with Crippen molar-refractivity contribution >= 4 is 11.6 Å². The van der Waals surface area contributed by atoms with E-state index in [1.807, 2.05) is 16.7 Å². The summed E-state index contributed by atoms with van der Waals surface area (Å²) in [6, 6.07) is 8.13. The number of imidazole rings is 1. The second kappa shape index (κ2) is 9.07. The highest BCUT2D eigenvalue weighted by Gasteiger charge is 2.25. The van der Waals surface area contributed by atoms with Crippen LogP contribution in [0, 0.1) is 10.1 Å². The monoisotopic (exact) mass is 419 g/mol. The Hall–Kier alpha value is -3.55. The van der Waals surface area contributed by atoms with Gasteiger partial charge >= 0.3 is 0 Å². The average Bonchev–Trinajstić information content (AvgIpc) is 3.29. The molecule has 4 rings (SSSR count). The maximum absolute atomic E-state index is 13.3. The molecular weight excluding hydrogens is 394 g/mol. The van der Waals surface area contributed by atoms with Crippen LogP contribution in [0.1, 0.15) is 59.8 Å². The molecule has 0 radical (unpaired) electrons. The average molecular weight is 419 g/mol. The van der Waals surface area contributed by atoms with Crippen LogP contribution in [0.3, 0.4) is 0 Å². The molecule has 0 aliphatic heterocycles. The summed E-state index contributed by atoms with van der Waals surface area (Å²) in [5.74, 6) is 0.945. The smallest absolute Gasteiger partial charge is 0.271 e. The Labute approximate surface area is 180 Å². The lowest BCUT2D eigenvalue weighted by Crippen LogP contribution is -2.27. The van der Waals surface area contributed by atoms with Gasteiger partial charge in [-0.15, -0.1) is 0 Å². The van der Waals surface area contributed by atoms with Gasteiger partial charge in [0.05, 0.1) is 16.2 Å². The summed E-state index contributed by atoms with van der Waals surface area (Å²) < 4.78 is 1.86. The molecule has 3 aromatic rings. The molecule has 2 heterocycles. The van der Waals surface area contributed by atoms with Crippen LogP contribution in [-0.4, -0.2) is 37.3 Å².